The number of carbonyl (C=O) groups is 1. The zero-order valence-electron chi connectivity index (χ0n) is 5.21. The Bertz CT molecular complexity index is 303. The van der Waals surface area contributed by atoms with Crippen molar-refractivity contribution in [2.24, 2.45) is 0 Å². The van der Waals surface area contributed by atoms with E-state index in [4.69, 9.17) is 16.7 Å². The lowest BCUT2D eigenvalue weighted by Gasteiger charge is -1.95. The summed E-state index contributed by atoms with van der Waals surface area (Å²) in [7, 11) is 0. The molecule has 0 aromatic carbocycles. The van der Waals surface area contributed by atoms with Gasteiger partial charge in [0.05, 0.1) is 9.13 Å². The molecule has 0 saturated carbocycles. The van der Waals surface area contributed by atoms with Crippen molar-refractivity contribution in [2.45, 2.75) is 0 Å². The number of aromatic carboxylic acids is 1. The highest BCUT2D eigenvalue weighted by Crippen LogP contribution is 2.15. The monoisotopic (exact) mass is 283 g/mol. The van der Waals surface area contributed by atoms with Crippen LogP contribution in [0.25, 0.3) is 0 Å². The molecule has 0 aliphatic carbocycles. The second-order valence-electron chi connectivity index (χ2n) is 1.80. The molecule has 0 unspecified atom stereocenters. The maximum Gasteiger partial charge on any atom is 0.337 e. The van der Waals surface area contributed by atoms with Gasteiger partial charge in [-0.25, -0.2) is 9.78 Å². The van der Waals surface area contributed by atoms with Gasteiger partial charge in [-0.3, -0.25) is 0 Å². The first-order valence-corrected chi connectivity index (χ1v) is 4.11. The minimum atomic E-state index is -0.993. The maximum absolute atomic E-state index is 10.4. The molecular weight excluding hydrogens is 280 g/mol. The Morgan fingerprint density at radius 2 is 2.36 bits per heavy atom. The van der Waals surface area contributed by atoms with E-state index in [1.165, 1.54) is 12.3 Å². The van der Waals surface area contributed by atoms with Crippen LogP contribution in [-0.2, 0) is 0 Å². The van der Waals surface area contributed by atoms with Crippen molar-refractivity contribution in [3.63, 3.8) is 0 Å². The average molecular weight is 283 g/mol. The van der Waals surface area contributed by atoms with E-state index >= 15 is 0 Å². The first-order chi connectivity index (χ1) is 5.11. The topological polar surface area (TPSA) is 50.2 Å². The number of carboxylic acid groups (broad SMARTS) is 1. The van der Waals surface area contributed by atoms with Crippen LogP contribution in [0.15, 0.2) is 12.3 Å². The van der Waals surface area contributed by atoms with Gasteiger partial charge in [-0.05, 0) is 28.7 Å². The minimum absolute atomic E-state index is 0.152. The average Bonchev–Trinajstić information content (AvgIpc) is 1.94. The zero-order valence-corrected chi connectivity index (χ0v) is 8.13. The molecule has 1 rings (SSSR count). The van der Waals surface area contributed by atoms with Crippen LogP contribution in [0.3, 0.4) is 0 Å². The summed E-state index contributed by atoms with van der Waals surface area (Å²) in [5.74, 6) is -0.993. The van der Waals surface area contributed by atoms with E-state index in [1.54, 1.807) is 0 Å². The summed E-state index contributed by atoms with van der Waals surface area (Å²) in [6.45, 7) is 0. The number of hydrogen-bond donors (Lipinski definition) is 1. The smallest absolute Gasteiger partial charge is 0.337 e. The molecule has 0 amide bonds. The predicted octanol–water partition coefficient (Wildman–Crippen LogP) is 2.04. The summed E-state index contributed by atoms with van der Waals surface area (Å²) in [5.41, 5.74) is 0.152. The third-order valence-corrected chi connectivity index (χ3v) is 2.49. The van der Waals surface area contributed by atoms with Gasteiger partial charge in [0.2, 0.25) is 0 Å². The molecule has 0 spiro atoms. The predicted molar refractivity (Wildman–Crippen MR) is 48.9 cm³/mol. The Morgan fingerprint density at radius 3 is 2.82 bits per heavy atom. The van der Waals surface area contributed by atoms with E-state index in [9.17, 15) is 4.79 Å². The normalized spacial score (nSPS) is 9.64. The van der Waals surface area contributed by atoms with Crippen LogP contribution in [0.1, 0.15) is 10.4 Å². The summed E-state index contributed by atoms with van der Waals surface area (Å²) in [5, 5.41) is 8.84. The summed E-state index contributed by atoms with van der Waals surface area (Å²) in [4.78, 5) is 14.1. The molecule has 58 valence electrons. The highest BCUT2D eigenvalue weighted by Gasteiger charge is 2.05. The summed E-state index contributed by atoms with van der Waals surface area (Å²) >= 11 is 7.50. The molecule has 1 heterocycles. The fourth-order valence-electron chi connectivity index (χ4n) is 0.538. The molecule has 1 N–H and O–H groups in total. The second-order valence-corrected chi connectivity index (χ2v) is 3.32. The standard InChI is InChI=1S/C6H3ClINO2/c7-5-4(8)1-3(2-9-5)6(10)11/h1-2H,(H,10,11). The van der Waals surface area contributed by atoms with E-state index in [2.05, 4.69) is 4.98 Å². The van der Waals surface area contributed by atoms with Gasteiger partial charge in [0.25, 0.3) is 0 Å². The number of rotatable bonds is 1. The van der Waals surface area contributed by atoms with Crippen molar-refractivity contribution in [3.05, 3.63) is 26.5 Å². The first kappa shape index (κ1) is 8.73. The van der Waals surface area contributed by atoms with E-state index in [0.29, 0.717) is 8.72 Å². The summed E-state index contributed by atoms with van der Waals surface area (Å²) in [6.07, 6.45) is 1.23. The van der Waals surface area contributed by atoms with Crippen molar-refractivity contribution >= 4 is 40.2 Å². The van der Waals surface area contributed by atoms with Gasteiger partial charge in [-0.1, -0.05) is 11.6 Å². The Kier molecular flexibility index (Phi) is 2.67. The number of aromatic nitrogens is 1. The quantitative estimate of drug-likeness (QED) is 0.634. The molecule has 5 heteroatoms. The van der Waals surface area contributed by atoms with Crippen LogP contribution in [-0.4, -0.2) is 16.1 Å². The fourth-order valence-corrected chi connectivity index (χ4v) is 1.12. The Morgan fingerprint density at radius 1 is 1.73 bits per heavy atom. The first-order valence-electron chi connectivity index (χ1n) is 2.65. The molecule has 0 radical (unpaired) electrons. The van der Waals surface area contributed by atoms with Gasteiger partial charge in [-0.2, -0.15) is 0 Å². The van der Waals surface area contributed by atoms with Gasteiger partial charge in [0.1, 0.15) is 5.15 Å². The molecule has 0 fully saturated rings. The maximum atomic E-state index is 10.4. The van der Waals surface area contributed by atoms with E-state index in [0.717, 1.165) is 0 Å². The largest absolute Gasteiger partial charge is 0.478 e. The van der Waals surface area contributed by atoms with Crippen LogP contribution in [0, 0.1) is 3.57 Å². The molecule has 1 aromatic rings. The molecule has 1 aromatic heterocycles. The number of nitrogens with zero attached hydrogens (tertiary/aromatic N) is 1. The van der Waals surface area contributed by atoms with Crippen LogP contribution >= 0.6 is 34.2 Å². The van der Waals surface area contributed by atoms with Crippen LogP contribution < -0.4 is 0 Å². The second kappa shape index (κ2) is 3.36. The van der Waals surface area contributed by atoms with E-state index in [1.807, 2.05) is 22.6 Å². The number of carboxylic acids is 1. The lowest BCUT2D eigenvalue weighted by atomic mass is 10.3. The lowest BCUT2D eigenvalue weighted by molar-refractivity contribution is 0.0696. The molecule has 3 nitrogen and oxygen atoms in total. The molecule has 0 bridgehead atoms. The van der Waals surface area contributed by atoms with Crippen molar-refractivity contribution in [2.75, 3.05) is 0 Å². The Hall–Kier alpha value is -0.360. The van der Waals surface area contributed by atoms with Gasteiger partial charge in [-0.15, -0.1) is 0 Å². The van der Waals surface area contributed by atoms with Gasteiger partial charge < -0.3 is 5.11 Å². The molecule has 0 aliphatic rings. The summed E-state index contributed by atoms with van der Waals surface area (Å²) < 4.78 is 0.643. The number of hydrogen-bond acceptors (Lipinski definition) is 2. The highest BCUT2D eigenvalue weighted by molar-refractivity contribution is 14.1. The van der Waals surface area contributed by atoms with Gasteiger partial charge in [0.15, 0.2) is 0 Å². The number of pyridine rings is 1. The van der Waals surface area contributed by atoms with Crippen molar-refractivity contribution < 1.29 is 9.90 Å². The molecular formula is C6H3ClINO2. The van der Waals surface area contributed by atoms with Crippen molar-refractivity contribution in [1.29, 1.82) is 0 Å². The SMILES string of the molecule is O=C(O)c1cnc(Cl)c(I)c1. The van der Waals surface area contributed by atoms with Gasteiger partial charge in [0, 0.05) is 6.20 Å². The lowest BCUT2D eigenvalue weighted by Crippen LogP contribution is -1.97. The highest BCUT2D eigenvalue weighted by atomic mass is 127. The third kappa shape index (κ3) is 2.03. The van der Waals surface area contributed by atoms with Crippen LogP contribution in [0.5, 0.6) is 0 Å². The molecule has 0 aliphatic heterocycles. The summed E-state index contributed by atoms with van der Waals surface area (Å²) in [6, 6.07) is 1.47. The Balaban J connectivity index is 3.15. The minimum Gasteiger partial charge on any atom is -0.478 e. The molecule has 0 saturated heterocycles. The number of halogens is 2. The van der Waals surface area contributed by atoms with Crippen molar-refractivity contribution in [1.82, 2.24) is 4.98 Å². The molecule has 0 atom stereocenters. The molecule has 11 heavy (non-hydrogen) atoms. The third-order valence-electron chi connectivity index (χ3n) is 1.04. The van der Waals surface area contributed by atoms with Crippen LogP contribution in [0.4, 0.5) is 0 Å². The van der Waals surface area contributed by atoms with Gasteiger partial charge >= 0.3 is 5.97 Å². The Labute approximate surface area is 81.5 Å². The fraction of sp³-hybridized carbons (Fsp3) is 0. The van der Waals surface area contributed by atoms with E-state index < -0.39 is 5.97 Å². The van der Waals surface area contributed by atoms with Crippen LogP contribution in [0.2, 0.25) is 5.15 Å². The van der Waals surface area contributed by atoms with E-state index in [-0.39, 0.29) is 5.56 Å². The zero-order chi connectivity index (χ0) is 8.43. The van der Waals surface area contributed by atoms with Crippen molar-refractivity contribution in [3.8, 4) is 0 Å².